The summed E-state index contributed by atoms with van der Waals surface area (Å²) in [6, 6.07) is 9.83. The number of aliphatic hydroxyl groups excluding tert-OH is 1. The van der Waals surface area contributed by atoms with Crippen LogP contribution in [0.3, 0.4) is 0 Å². The Kier molecular flexibility index (Phi) is 7.01. The quantitative estimate of drug-likeness (QED) is 0.719. The predicted octanol–water partition coefficient (Wildman–Crippen LogP) is 3.78. The van der Waals surface area contributed by atoms with Crippen molar-refractivity contribution in [2.24, 2.45) is 5.92 Å². The molecular formula is C23H34N4O4. The largest absolute Gasteiger partial charge is 0.444 e. The van der Waals surface area contributed by atoms with E-state index in [-0.39, 0.29) is 5.92 Å². The maximum Gasteiger partial charge on any atom is 0.408 e. The Bertz CT molecular complexity index is 852. The van der Waals surface area contributed by atoms with Gasteiger partial charge in [-0.25, -0.2) is 4.79 Å². The molecule has 8 nitrogen and oxygen atoms in total. The van der Waals surface area contributed by atoms with E-state index in [4.69, 9.17) is 9.26 Å². The molecule has 1 unspecified atom stereocenters. The molecule has 2 heterocycles. The summed E-state index contributed by atoms with van der Waals surface area (Å²) in [5.41, 5.74) is -0.429. The van der Waals surface area contributed by atoms with Gasteiger partial charge in [0.1, 0.15) is 11.1 Å². The number of amides is 1. The van der Waals surface area contributed by atoms with Crippen molar-refractivity contribution < 1.29 is 19.2 Å². The number of piperidine rings is 1. The first-order valence-corrected chi connectivity index (χ1v) is 10.8. The summed E-state index contributed by atoms with van der Waals surface area (Å²) in [5.74, 6) is 1.16. The zero-order valence-corrected chi connectivity index (χ0v) is 19.1. The van der Waals surface area contributed by atoms with E-state index in [1.165, 1.54) is 0 Å². The molecule has 1 aliphatic heterocycles. The van der Waals surface area contributed by atoms with E-state index >= 15 is 0 Å². The van der Waals surface area contributed by atoms with Gasteiger partial charge in [-0.2, -0.15) is 4.98 Å². The minimum atomic E-state index is -0.823. The Morgan fingerprint density at radius 3 is 2.48 bits per heavy atom. The standard InChI is InChI=1S/C23H34N4O4/c1-22(2,3)30-21(29)25-23(4,5)20-24-18(31-26-20)15-27-13-11-17(12-14-27)19(28)16-9-7-6-8-10-16/h6-10,17,19,28H,11-15H2,1-5H3,(H,25,29). The lowest BCUT2D eigenvalue weighted by atomic mass is 9.87. The van der Waals surface area contributed by atoms with Crippen molar-refractivity contribution in [1.82, 2.24) is 20.4 Å². The number of nitrogens with one attached hydrogen (secondary N) is 1. The number of aromatic nitrogens is 2. The van der Waals surface area contributed by atoms with Crippen LogP contribution in [0.15, 0.2) is 34.9 Å². The molecule has 1 aromatic heterocycles. The van der Waals surface area contributed by atoms with Crippen molar-refractivity contribution in [1.29, 1.82) is 0 Å². The number of carbonyl (C=O) groups excluding carboxylic acids is 1. The van der Waals surface area contributed by atoms with Crippen LogP contribution in [0.1, 0.15) is 70.8 Å². The predicted molar refractivity (Wildman–Crippen MR) is 116 cm³/mol. The fourth-order valence-corrected chi connectivity index (χ4v) is 3.73. The molecule has 3 rings (SSSR count). The third-order valence-electron chi connectivity index (χ3n) is 5.42. The Morgan fingerprint density at radius 1 is 1.23 bits per heavy atom. The number of ether oxygens (including phenoxy) is 1. The second-order valence-electron chi connectivity index (χ2n) is 9.73. The zero-order valence-electron chi connectivity index (χ0n) is 19.1. The number of aliphatic hydroxyl groups is 1. The number of carbonyl (C=O) groups is 1. The van der Waals surface area contributed by atoms with Gasteiger partial charge in [0.05, 0.1) is 12.6 Å². The minimum absolute atomic E-state index is 0.244. The van der Waals surface area contributed by atoms with E-state index < -0.39 is 23.3 Å². The van der Waals surface area contributed by atoms with Crippen molar-refractivity contribution >= 4 is 6.09 Å². The number of nitrogens with zero attached hydrogens (tertiary/aromatic N) is 3. The highest BCUT2D eigenvalue weighted by molar-refractivity contribution is 5.68. The second-order valence-corrected chi connectivity index (χ2v) is 9.73. The second kappa shape index (κ2) is 9.36. The van der Waals surface area contributed by atoms with Crippen LogP contribution < -0.4 is 5.32 Å². The molecule has 8 heteroatoms. The summed E-state index contributed by atoms with van der Waals surface area (Å²) >= 11 is 0. The zero-order chi connectivity index (χ0) is 22.6. The van der Waals surface area contributed by atoms with E-state index in [2.05, 4.69) is 20.4 Å². The Balaban J connectivity index is 1.52. The number of alkyl carbamates (subject to hydrolysis) is 1. The topological polar surface area (TPSA) is 101 Å². The molecule has 1 amide bonds. The van der Waals surface area contributed by atoms with Crippen LogP contribution in [0, 0.1) is 5.92 Å². The number of rotatable bonds is 6. The van der Waals surface area contributed by atoms with Crippen LogP contribution in [0.5, 0.6) is 0 Å². The van der Waals surface area contributed by atoms with Gasteiger partial charge in [-0.15, -0.1) is 0 Å². The van der Waals surface area contributed by atoms with Gasteiger partial charge < -0.3 is 19.7 Å². The van der Waals surface area contributed by atoms with Crippen molar-refractivity contribution in [3.63, 3.8) is 0 Å². The highest BCUT2D eigenvalue weighted by Gasteiger charge is 2.32. The molecule has 0 bridgehead atoms. The molecule has 2 aromatic rings. The molecule has 0 saturated carbocycles. The molecule has 0 spiro atoms. The normalized spacial score (nSPS) is 17.4. The highest BCUT2D eigenvalue weighted by atomic mass is 16.6. The van der Waals surface area contributed by atoms with Crippen molar-refractivity contribution in [3.05, 3.63) is 47.6 Å². The van der Waals surface area contributed by atoms with Gasteiger partial charge in [0.25, 0.3) is 0 Å². The van der Waals surface area contributed by atoms with E-state index in [0.29, 0.717) is 18.3 Å². The van der Waals surface area contributed by atoms with Crippen LogP contribution in [-0.2, 0) is 16.8 Å². The maximum absolute atomic E-state index is 12.1. The van der Waals surface area contributed by atoms with E-state index in [9.17, 15) is 9.90 Å². The number of hydrogen-bond acceptors (Lipinski definition) is 7. The lowest BCUT2D eigenvalue weighted by Gasteiger charge is -2.33. The fraction of sp³-hybridized carbons (Fsp3) is 0.609. The summed E-state index contributed by atoms with van der Waals surface area (Å²) in [7, 11) is 0. The maximum atomic E-state index is 12.1. The van der Waals surface area contributed by atoms with Crippen LogP contribution in [0.2, 0.25) is 0 Å². The van der Waals surface area contributed by atoms with Crippen LogP contribution in [0.4, 0.5) is 4.79 Å². The molecule has 1 aliphatic rings. The molecule has 0 aliphatic carbocycles. The fourth-order valence-electron chi connectivity index (χ4n) is 3.73. The monoisotopic (exact) mass is 430 g/mol. The SMILES string of the molecule is CC(C)(C)OC(=O)NC(C)(C)c1noc(CN2CCC(C(O)c3ccccc3)CC2)n1. The summed E-state index contributed by atoms with van der Waals surface area (Å²) in [6.07, 6.45) is 0.854. The third-order valence-corrected chi connectivity index (χ3v) is 5.42. The van der Waals surface area contributed by atoms with Crippen LogP contribution >= 0.6 is 0 Å². The molecule has 1 saturated heterocycles. The Hall–Kier alpha value is -2.45. The molecule has 1 atom stereocenters. The number of hydrogen-bond donors (Lipinski definition) is 2. The molecule has 0 radical (unpaired) electrons. The summed E-state index contributed by atoms with van der Waals surface area (Å²) in [5, 5.41) is 17.5. The smallest absolute Gasteiger partial charge is 0.408 e. The molecular weight excluding hydrogens is 396 g/mol. The first-order valence-electron chi connectivity index (χ1n) is 10.8. The van der Waals surface area contributed by atoms with Crippen LogP contribution in [-0.4, -0.2) is 44.9 Å². The lowest BCUT2D eigenvalue weighted by Crippen LogP contribution is -2.44. The molecule has 2 N–H and O–H groups in total. The average molecular weight is 431 g/mol. The van der Waals surface area contributed by atoms with E-state index in [1.54, 1.807) is 0 Å². The van der Waals surface area contributed by atoms with Gasteiger partial charge in [-0.05, 0) is 72.0 Å². The van der Waals surface area contributed by atoms with Gasteiger partial charge in [0.15, 0.2) is 5.82 Å². The first-order chi connectivity index (χ1) is 14.5. The minimum Gasteiger partial charge on any atom is -0.444 e. The third kappa shape index (κ3) is 6.51. The summed E-state index contributed by atoms with van der Waals surface area (Å²) in [4.78, 5) is 18.8. The van der Waals surface area contributed by atoms with E-state index in [1.807, 2.05) is 65.0 Å². The van der Waals surface area contributed by atoms with Crippen LogP contribution in [0.25, 0.3) is 0 Å². The molecule has 170 valence electrons. The van der Waals surface area contributed by atoms with Gasteiger partial charge >= 0.3 is 6.09 Å². The highest BCUT2D eigenvalue weighted by Crippen LogP contribution is 2.31. The molecule has 31 heavy (non-hydrogen) atoms. The lowest BCUT2D eigenvalue weighted by molar-refractivity contribution is 0.0465. The Morgan fingerprint density at radius 2 is 1.87 bits per heavy atom. The molecule has 1 aromatic carbocycles. The van der Waals surface area contributed by atoms with Gasteiger partial charge in [-0.1, -0.05) is 35.5 Å². The summed E-state index contributed by atoms with van der Waals surface area (Å²) in [6.45, 7) is 11.3. The van der Waals surface area contributed by atoms with E-state index in [0.717, 1.165) is 31.5 Å². The van der Waals surface area contributed by atoms with Gasteiger partial charge in [0, 0.05) is 0 Å². The number of likely N-dealkylation sites (tertiary alicyclic amines) is 1. The van der Waals surface area contributed by atoms with Crippen molar-refractivity contribution in [2.75, 3.05) is 13.1 Å². The summed E-state index contributed by atoms with van der Waals surface area (Å²) < 4.78 is 10.8. The average Bonchev–Trinajstić information content (AvgIpc) is 3.16. The van der Waals surface area contributed by atoms with Gasteiger partial charge in [0.2, 0.25) is 5.89 Å². The van der Waals surface area contributed by atoms with Crippen molar-refractivity contribution in [2.45, 2.75) is 71.2 Å². The van der Waals surface area contributed by atoms with Crippen molar-refractivity contribution in [3.8, 4) is 0 Å². The number of benzene rings is 1. The van der Waals surface area contributed by atoms with Gasteiger partial charge in [-0.3, -0.25) is 4.90 Å². The first kappa shape index (κ1) is 23.2. The Labute approximate surface area is 184 Å². The molecule has 1 fully saturated rings.